The zero-order chi connectivity index (χ0) is 30.6. The second kappa shape index (κ2) is 10.6. The van der Waals surface area contributed by atoms with Crippen LogP contribution in [0.2, 0.25) is 0 Å². The second-order valence-electron chi connectivity index (χ2n) is 11.0. The first-order valence-corrected chi connectivity index (χ1v) is 15.7. The molecule has 1 amide bonds. The number of aromatic nitrogens is 4. The molecule has 4 heterocycles. The van der Waals surface area contributed by atoms with E-state index >= 15 is 4.39 Å². The van der Waals surface area contributed by atoms with Crippen LogP contribution in [0, 0.1) is 5.82 Å². The zero-order valence-corrected chi connectivity index (χ0v) is 24.5. The summed E-state index contributed by atoms with van der Waals surface area (Å²) in [5.74, 6) is -0.660. The maximum atomic E-state index is 15.9. The number of hydrogen-bond donors (Lipinski definition) is 1. The number of nitrogen functional groups attached to an aromatic ring is 1. The summed E-state index contributed by atoms with van der Waals surface area (Å²) < 4.78 is 43.2. The van der Waals surface area contributed by atoms with E-state index in [1.165, 1.54) is 41.2 Å². The molecule has 0 radical (unpaired) electrons. The molecule has 3 aromatic heterocycles. The van der Waals surface area contributed by atoms with Gasteiger partial charge in [-0.1, -0.05) is 18.7 Å². The van der Waals surface area contributed by atoms with Crippen molar-refractivity contribution < 1.29 is 17.6 Å². The lowest BCUT2D eigenvalue weighted by molar-refractivity contribution is -0.126. The van der Waals surface area contributed by atoms with Crippen molar-refractivity contribution >= 4 is 38.3 Å². The van der Waals surface area contributed by atoms with Crippen LogP contribution in [0.5, 0.6) is 0 Å². The van der Waals surface area contributed by atoms with E-state index in [-0.39, 0.29) is 62.2 Å². The van der Waals surface area contributed by atoms with Crippen LogP contribution < -0.4 is 16.3 Å². The van der Waals surface area contributed by atoms with Gasteiger partial charge in [-0.25, -0.2) is 27.2 Å². The minimum absolute atomic E-state index is 0.0393. The summed E-state index contributed by atoms with van der Waals surface area (Å²) in [4.78, 5) is 42.9. The fourth-order valence-electron chi connectivity index (χ4n) is 5.74. The molecule has 2 aliphatic rings. The molecule has 4 aromatic rings. The van der Waals surface area contributed by atoms with E-state index in [9.17, 15) is 18.0 Å². The zero-order valence-electron chi connectivity index (χ0n) is 23.7. The summed E-state index contributed by atoms with van der Waals surface area (Å²) in [7, 11) is -3.80. The first-order chi connectivity index (χ1) is 20.5. The fraction of sp³-hybridized carbons (Fsp3) is 0.300. The number of sulfone groups is 1. The highest BCUT2D eigenvalue weighted by Gasteiger charge is 2.34. The van der Waals surface area contributed by atoms with Crippen LogP contribution in [0.1, 0.15) is 31.2 Å². The lowest BCUT2D eigenvalue weighted by Gasteiger charge is -2.40. The van der Waals surface area contributed by atoms with E-state index in [1.54, 1.807) is 17.0 Å². The summed E-state index contributed by atoms with van der Waals surface area (Å²) in [6.45, 7) is 6.43. The molecule has 222 valence electrons. The first kappa shape index (κ1) is 28.5. The fourth-order valence-corrected chi connectivity index (χ4v) is 6.63. The number of halogens is 1. The monoisotopic (exact) mass is 603 g/mol. The van der Waals surface area contributed by atoms with Crippen LogP contribution in [-0.4, -0.2) is 70.7 Å². The molecule has 6 rings (SSSR count). The lowest BCUT2D eigenvalue weighted by atomic mass is 10.1. The number of para-hydroxylation sites is 1. The first-order valence-electron chi connectivity index (χ1n) is 13.8. The number of carbonyl (C=O) groups excluding carboxylic acids is 1. The van der Waals surface area contributed by atoms with Crippen LogP contribution in [0.25, 0.3) is 28.0 Å². The normalized spacial score (nSPS) is 17.3. The van der Waals surface area contributed by atoms with Crippen molar-refractivity contribution in [3.63, 3.8) is 0 Å². The average Bonchev–Trinajstić information content (AvgIpc) is 3.82. The summed E-state index contributed by atoms with van der Waals surface area (Å²) in [6.07, 6.45) is 6.84. The Balaban J connectivity index is 1.67. The molecule has 11 nitrogen and oxygen atoms in total. The molecule has 0 bridgehead atoms. The Morgan fingerprint density at radius 1 is 1.19 bits per heavy atom. The smallest absolute Gasteiger partial charge is 0.355 e. The number of fused-ring (bicyclic) bond motifs is 1. The molecule has 0 unspecified atom stereocenters. The SMILES string of the molecule is C=CC(=O)N1CCN(c2nc(=O)n(-c3c(C4CC4)cccc3S(C)(=O)=O)c3nc(-c4ccncc4N)c(F)cc23)[C@@H](C)C1. The van der Waals surface area contributed by atoms with Gasteiger partial charge in [-0.15, -0.1) is 0 Å². The summed E-state index contributed by atoms with van der Waals surface area (Å²) in [5.41, 5.74) is 6.61. The summed E-state index contributed by atoms with van der Waals surface area (Å²) >= 11 is 0. The number of hydrogen-bond acceptors (Lipinski definition) is 9. The minimum atomic E-state index is -3.80. The van der Waals surface area contributed by atoms with Gasteiger partial charge in [-0.3, -0.25) is 9.78 Å². The number of nitrogens with zero attached hydrogens (tertiary/aromatic N) is 6. The predicted octanol–water partition coefficient (Wildman–Crippen LogP) is 3.07. The number of rotatable bonds is 6. The summed E-state index contributed by atoms with van der Waals surface area (Å²) in [5, 5.41) is 0.217. The Morgan fingerprint density at radius 2 is 1.95 bits per heavy atom. The largest absolute Gasteiger partial charge is 0.397 e. The van der Waals surface area contributed by atoms with Gasteiger partial charge in [-0.2, -0.15) is 4.98 Å². The Labute approximate surface area is 247 Å². The molecule has 2 N–H and O–H groups in total. The third kappa shape index (κ3) is 5.03. The van der Waals surface area contributed by atoms with Gasteiger partial charge in [0.1, 0.15) is 17.3 Å². The van der Waals surface area contributed by atoms with Crippen molar-refractivity contribution in [2.75, 3.05) is 36.5 Å². The maximum absolute atomic E-state index is 15.9. The van der Waals surface area contributed by atoms with Crippen LogP contribution in [0.15, 0.2) is 65.1 Å². The second-order valence-corrected chi connectivity index (χ2v) is 13.0. The number of anilines is 2. The van der Waals surface area contributed by atoms with Crippen LogP contribution in [-0.2, 0) is 14.6 Å². The van der Waals surface area contributed by atoms with Crippen molar-refractivity contribution in [3.05, 3.63) is 77.2 Å². The van der Waals surface area contributed by atoms with Gasteiger partial charge in [0.2, 0.25) is 5.91 Å². The molecular formula is C30H30FN7O4S. The molecule has 1 aliphatic carbocycles. The van der Waals surface area contributed by atoms with E-state index in [0.29, 0.717) is 25.2 Å². The Morgan fingerprint density at radius 3 is 2.60 bits per heavy atom. The Kier molecular flexibility index (Phi) is 6.99. The van der Waals surface area contributed by atoms with E-state index in [0.717, 1.165) is 19.1 Å². The van der Waals surface area contributed by atoms with Crippen molar-refractivity contribution in [1.29, 1.82) is 0 Å². The third-order valence-electron chi connectivity index (χ3n) is 7.96. The molecule has 43 heavy (non-hydrogen) atoms. The van der Waals surface area contributed by atoms with E-state index in [4.69, 9.17) is 5.73 Å². The van der Waals surface area contributed by atoms with Gasteiger partial charge in [-0.05, 0) is 55.5 Å². The molecule has 1 atom stereocenters. The standard InChI is InChI=1S/C30H30FN7O4S/c1-4-25(39)36-12-13-37(17(2)16-36)28-21-14-22(31)26(20-10-11-33-15-23(20)32)34-29(21)38(30(40)35-28)27-19(18-8-9-18)6-5-7-24(27)43(3,41)42/h4-7,10-11,14-15,17-18H,1,8-9,12-13,16,32H2,2-3H3/t17-/m0/s1. The van der Waals surface area contributed by atoms with Gasteiger partial charge < -0.3 is 15.5 Å². The van der Waals surface area contributed by atoms with Gasteiger partial charge in [0.05, 0.1) is 27.9 Å². The van der Waals surface area contributed by atoms with Gasteiger partial charge in [0.15, 0.2) is 15.5 Å². The molecule has 2 fully saturated rings. The Hall–Kier alpha value is -4.65. The molecular weight excluding hydrogens is 573 g/mol. The van der Waals surface area contributed by atoms with Gasteiger partial charge in [0.25, 0.3) is 0 Å². The number of nitrogens with two attached hydrogens (primary N) is 1. The van der Waals surface area contributed by atoms with Crippen LogP contribution >= 0.6 is 0 Å². The minimum Gasteiger partial charge on any atom is -0.397 e. The highest BCUT2D eigenvalue weighted by atomic mass is 32.2. The molecule has 13 heteroatoms. The maximum Gasteiger partial charge on any atom is 0.355 e. The van der Waals surface area contributed by atoms with Crippen molar-refractivity contribution in [2.24, 2.45) is 0 Å². The average molecular weight is 604 g/mol. The number of benzene rings is 1. The van der Waals surface area contributed by atoms with Crippen molar-refractivity contribution in [1.82, 2.24) is 24.4 Å². The van der Waals surface area contributed by atoms with E-state index in [1.807, 2.05) is 11.8 Å². The molecule has 1 saturated heterocycles. The van der Waals surface area contributed by atoms with Crippen LogP contribution in [0.3, 0.4) is 0 Å². The molecule has 1 saturated carbocycles. The topological polar surface area (TPSA) is 144 Å². The highest BCUT2D eigenvalue weighted by molar-refractivity contribution is 7.90. The Bertz CT molecular complexity index is 1970. The number of piperazine rings is 1. The predicted molar refractivity (Wildman–Crippen MR) is 161 cm³/mol. The number of carbonyl (C=O) groups is 1. The van der Waals surface area contributed by atoms with Crippen LogP contribution in [0.4, 0.5) is 15.9 Å². The highest BCUT2D eigenvalue weighted by Crippen LogP contribution is 2.45. The number of pyridine rings is 2. The van der Waals surface area contributed by atoms with E-state index < -0.39 is 21.3 Å². The van der Waals surface area contributed by atoms with E-state index in [2.05, 4.69) is 21.5 Å². The van der Waals surface area contributed by atoms with Crippen molar-refractivity contribution in [2.45, 2.75) is 36.6 Å². The quantitative estimate of drug-likeness (QED) is 0.329. The third-order valence-corrected chi connectivity index (χ3v) is 9.09. The molecule has 1 aromatic carbocycles. The van der Waals surface area contributed by atoms with Crippen molar-refractivity contribution in [3.8, 4) is 16.9 Å². The molecule has 1 aliphatic heterocycles. The number of amides is 1. The lowest BCUT2D eigenvalue weighted by Crippen LogP contribution is -2.54. The van der Waals surface area contributed by atoms with Gasteiger partial charge in [0, 0.05) is 43.7 Å². The molecule has 0 spiro atoms. The summed E-state index contributed by atoms with van der Waals surface area (Å²) in [6, 6.07) is 7.40. The van der Waals surface area contributed by atoms with Gasteiger partial charge >= 0.3 is 5.69 Å².